The van der Waals surface area contributed by atoms with Crippen molar-refractivity contribution in [2.45, 2.75) is 31.8 Å². The van der Waals surface area contributed by atoms with Gasteiger partial charge in [-0.2, -0.15) is 0 Å². The van der Waals surface area contributed by atoms with E-state index in [1.807, 2.05) is 30.3 Å². The zero-order valence-electron chi connectivity index (χ0n) is 18.2. The van der Waals surface area contributed by atoms with Crippen LogP contribution in [0.4, 0.5) is 0 Å². The monoisotopic (exact) mass is 452 g/mol. The number of nitrogens with zero attached hydrogens (tertiary/aromatic N) is 2. The van der Waals surface area contributed by atoms with Crippen LogP contribution in [-0.4, -0.2) is 47.1 Å². The Kier molecular flexibility index (Phi) is 7.02. The smallest absolute Gasteiger partial charge is 0.262 e. The molecular weight excluding hydrogens is 424 g/mol. The maximum absolute atomic E-state index is 12.8. The van der Waals surface area contributed by atoms with Gasteiger partial charge in [-0.3, -0.25) is 19.1 Å². The van der Waals surface area contributed by atoms with Crippen molar-refractivity contribution in [1.82, 2.24) is 19.8 Å². The van der Waals surface area contributed by atoms with E-state index < -0.39 is 0 Å². The first kappa shape index (κ1) is 22.2. The molecule has 0 saturated carbocycles. The fraction of sp³-hybridized carbons (Fsp3) is 0.375. The Morgan fingerprint density at radius 1 is 1.16 bits per heavy atom. The number of rotatable bonds is 8. The lowest BCUT2D eigenvalue weighted by Gasteiger charge is -2.28. The van der Waals surface area contributed by atoms with Gasteiger partial charge >= 0.3 is 0 Å². The van der Waals surface area contributed by atoms with Crippen LogP contribution in [0.1, 0.15) is 30.9 Å². The Hall–Kier alpha value is -2.97. The molecule has 2 N–H and O–H groups in total. The van der Waals surface area contributed by atoms with Crippen LogP contribution in [0.2, 0.25) is 0 Å². The van der Waals surface area contributed by atoms with E-state index >= 15 is 0 Å². The normalized spacial score (nSPS) is 15.0. The van der Waals surface area contributed by atoms with Gasteiger partial charge in [0.15, 0.2) is 4.77 Å². The number of benzene rings is 2. The maximum atomic E-state index is 12.8. The van der Waals surface area contributed by atoms with Crippen molar-refractivity contribution in [3.8, 4) is 5.75 Å². The van der Waals surface area contributed by atoms with E-state index in [1.165, 1.54) is 17.4 Å². The fourth-order valence-electron chi connectivity index (χ4n) is 4.25. The van der Waals surface area contributed by atoms with Gasteiger partial charge in [0, 0.05) is 19.5 Å². The zero-order valence-corrected chi connectivity index (χ0v) is 19.0. The van der Waals surface area contributed by atoms with Gasteiger partial charge in [0.25, 0.3) is 5.56 Å². The van der Waals surface area contributed by atoms with E-state index in [2.05, 4.69) is 27.3 Å². The predicted octanol–water partition coefficient (Wildman–Crippen LogP) is 3.41. The highest BCUT2D eigenvalue weighted by Gasteiger charge is 2.24. The minimum absolute atomic E-state index is 0.0998. The minimum atomic E-state index is -0.176. The lowest BCUT2D eigenvalue weighted by Crippen LogP contribution is -2.37. The number of amides is 1. The van der Waals surface area contributed by atoms with Crippen molar-refractivity contribution in [2.75, 3.05) is 26.7 Å². The van der Waals surface area contributed by atoms with E-state index in [-0.39, 0.29) is 30.5 Å². The Labute approximate surface area is 192 Å². The molecule has 8 heteroatoms. The van der Waals surface area contributed by atoms with Crippen molar-refractivity contribution >= 4 is 29.0 Å². The van der Waals surface area contributed by atoms with Crippen molar-refractivity contribution in [3.05, 3.63) is 69.2 Å². The van der Waals surface area contributed by atoms with Crippen LogP contribution in [0.5, 0.6) is 5.75 Å². The van der Waals surface area contributed by atoms with Crippen LogP contribution in [0, 0.1) is 4.77 Å². The van der Waals surface area contributed by atoms with E-state index in [0.717, 1.165) is 24.4 Å². The summed E-state index contributed by atoms with van der Waals surface area (Å²) in [5, 5.41) is 3.63. The van der Waals surface area contributed by atoms with Gasteiger partial charge in [0.05, 0.1) is 24.1 Å². The van der Waals surface area contributed by atoms with Gasteiger partial charge in [0.1, 0.15) is 5.75 Å². The van der Waals surface area contributed by atoms with Crippen molar-refractivity contribution < 1.29 is 9.53 Å². The van der Waals surface area contributed by atoms with Gasteiger partial charge in [-0.1, -0.05) is 24.3 Å². The molecule has 2 aromatic carbocycles. The molecule has 1 fully saturated rings. The molecule has 1 saturated heterocycles. The number of para-hydroxylation sites is 1. The number of aromatic nitrogens is 2. The molecule has 7 nitrogen and oxygen atoms in total. The number of ether oxygens (including phenoxy) is 1. The quantitative estimate of drug-likeness (QED) is 0.512. The van der Waals surface area contributed by atoms with Crippen molar-refractivity contribution in [3.63, 3.8) is 0 Å². The number of methoxy groups -OCH3 is 1. The number of hydrogen-bond acceptors (Lipinski definition) is 5. The highest BCUT2D eigenvalue weighted by molar-refractivity contribution is 7.71. The Balaban J connectivity index is 1.42. The molecule has 3 aromatic rings. The number of H-pyrrole nitrogens is 1. The number of carbonyl (C=O) groups is 1. The average molecular weight is 453 g/mol. The molecule has 1 aromatic heterocycles. The van der Waals surface area contributed by atoms with Crippen molar-refractivity contribution in [2.24, 2.45) is 0 Å². The summed E-state index contributed by atoms with van der Waals surface area (Å²) in [5.41, 5.74) is 1.68. The summed E-state index contributed by atoms with van der Waals surface area (Å²) in [6.07, 6.45) is 2.53. The zero-order chi connectivity index (χ0) is 22.5. The summed E-state index contributed by atoms with van der Waals surface area (Å²) in [7, 11) is 1.65. The fourth-order valence-corrected chi connectivity index (χ4v) is 4.54. The molecule has 32 heavy (non-hydrogen) atoms. The van der Waals surface area contributed by atoms with E-state index in [9.17, 15) is 9.59 Å². The highest BCUT2D eigenvalue weighted by Crippen LogP contribution is 2.26. The first-order valence-corrected chi connectivity index (χ1v) is 11.3. The van der Waals surface area contributed by atoms with Crippen LogP contribution in [0.15, 0.2) is 53.3 Å². The Morgan fingerprint density at radius 2 is 1.88 bits per heavy atom. The molecule has 168 valence electrons. The van der Waals surface area contributed by atoms with Crippen LogP contribution < -0.4 is 15.6 Å². The third-order valence-electron chi connectivity index (χ3n) is 6.03. The molecule has 0 bridgehead atoms. The van der Waals surface area contributed by atoms with Crippen LogP contribution in [0.3, 0.4) is 0 Å². The SMILES string of the molecule is COc1ccc(C(CNC(=O)CCn2c(=S)[nH]c3ccccc3c2=O)N2CCCC2)cc1. The molecule has 4 rings (SSSR count). The number of hydrogen-bond donors (Lipinski definition) is 2. The molecule has 1 aliphatic rings. The molecule has 0 spiro atoms. The van der Waals surface area contributed by atoms with Crippen LogP contribution in [-0.2, 0) is 11.3 Å². The molecule has 0 radical (unpaired) electrons. The number of likely N-dealkylation sites (tertiary alicyclic amines) is 1. The summed E-state index contributed by atoms with van der Waals surface area (Å²) >= 11 is 5.34. The Morgan fingerprint density at radius 3 is 2.59 bits per heavy atom. The van der Waals surface area contributed by atoms with Crippen LogP contribution in [0.25, 0.3) is 10.9 Å². The summed E-state index contributed by atoms with van der Waals surface area (Å²) < 4.78 is 7.06. The topological polar surface area (TPSA) is 79.4 Å². The molecule has 1 aliphatic heterocycles. The molecule has 0 aliphatic carbocycles. The average Bonchev–Trinajstić information content (AvgIpc) is 3.34. The van der Waals surface area contributed by atoms with Gasteiger partial charge in [0.2, 0.25) is 5.91 Å². The number of nitrogens with one attached hydrogen (secondary N) is 2. The van der Waals surface area contributed by atoms with Crippen LogP contribution >= 0.6 is 12.2 Å². The van der Waals surface area contributed by atoms with Gasteiger partial charge in [-0.15, -0.1) is 0 Å². The lowest BCUT2D eigenvalue weighted by atomic mass is 10.1. The second-order valence-electron chi connectivity index (χ2n) is 8.02. The number of carbonyl (C=O) groups excluding carboxylic acids is 1. The van der Waals surface area contributed by atoms with Gasteiger partial charge in [-0.25, -0.2) is 0 Å². The highest BCUT2D eigenvalue weighted by atomic mass is 32.1. The summed E-state index contributed by atoms with van der Waals surface area (Å²) in [5.74, 6) is 0.715. The predicted molar refractivity (Wildman–Crippen MR) is 128 cm³/mol. The van der Waals surface area contributed by atoms with Crippen molar-refractivity contribution in [1.29, 1.82) is 0 Å². The standard InChI is InChI=1S/C24H28N4O3S/c1-31-18-10-8-17(9-11-18)21(27-13-4-5-14-27)16-25-22(29)12-15-28-23(30)19-6-2-3-7-20(19)26-24(28)32/h2-3,6-11,21H,4-5,12-16H2,1H3,(H,25,29)(H,26,32). The molecular formula is C24H28N4O3S. The second kappa shape index (κ2) is 10.1. The minimum Gasteiger partial charge on any atom is -0.497 e. The number of fused-ring (bicyclic) bond motifs is 1. The summed E-state index contributed by atoms with van der Waals surface area (Å²) in [4.78, 5) is 30.9. The largest absolute Gasteiger partial charge is 0.497 e. The Bertz CT molecular complexity index is 1200. The third-order valence-corrected chi connectivity index (χ3v) is 6.35. The van der Waals surface area contributed by atoms with E-state index in [0.29, 0.717) is 22.2 Å². The van der Waals surface area contributed by atoms with E-state index in [1.54, 1.807) is 13.2 Å². The molecule has 1 atom stereocenters. The first-order chi connectivity index (χ1) is 15.6. The van der Waals surface area contributed by atoms with E-state index in [4.69, 9.17) is 17.0 Å². The third kappa shape index (κ3) is 4.92. The molecule has 1 unspecified atom stereocenters. The molecule has 2 heterocycles. The van der Waals surface area contributed by atoms with Gasteiger partial charge < -0.3 is 15.0 Å². The molecule has 1 amide bonds. The summed E-state index contributed by atoms with van der Waals surface area (Å²) in [6, 6.07) is 15.4. The van der Waals surface area contributed by atoms with Gasteiger partial charge in [-0.05, 0) is 68.0 Å². The first-order valence-electron chi connectivity index (χ1n) is 10.9. The second-order valence-corrected chi connectivity index (χ2v) is 8.41. The summed E-state index contributed by atoms with van der Waals surface area (Å²) in [6.45, 7) is 2.80. The lowest BCUT2D eigenvalue weighted by molar-refractivity contribution is -0.121. The maximum Gasteiger partial charge on any atom is 0.262 e. The number of aromatic amines is 1.